The number of likely N-dealkylation sites (tertiary alicyclic amines) is 1. The molecule has 0 saturated carbocycles. The Bertz CT molecular complexity index is 501. The summed E-state index contributed by atoms with van der Waals surface area (Å²) in [6.07, 6.45) is 3.50. The molecule has 19 heavy (non-hydrogen) atoms. The quantitative estimate of drug-likeness (QED) is 0.885. The van der Waals surface area contributed by atoms with Gasteiger partial charge in [-0.25, -0.2) is 4.79 Å². The first kappa shape index (κ1) is 13.5. The van der Waals surface area contributed by atoms with E-state index in [1.165, 1.54) is 18.3 Å². The zero-order valence-corrected chi connectivity index (χ0v) is 11.2. The van der Waals surface area contributed by atoms with Crippen LogP contribution in [0.2, 0.25) is 0 Å². The standard InChI is InChI=1S/C14H18N2O3/c1-9-5-4-8-16(10(9)2)13(17)12-11(14(18)19)6-3-7-15-12/h3,6-7,9-10H,4-5,8H2,1-2H3,(H,18,19). The lowest BCUT2D eigenvalue weighted by Gasteiger charge is -2.37. The number of carbonyl (C=O) groups excluding carboxylic acids is 1. The number of carbonyl (C=O) groups is 2. The number of rotatable bonds is 2. The molecule has 102 valence electrons. The summed E-state index contributed by atoms with van der Waals surface area (Å²) in [7, 11) is 0. The third-order valence-electron chi connectivity index (χ3n) is 3.88. The molecule has 0 aromatic carbocycles. The Hall–Kier alpha value is -1.91. The fourth-order valence-corrected chi connectivity index (χ4v) is 2.51. The molecule has 1 saturated heterocycles. The van der Waals surface area contributed by atoms with Crippen molar-refractivity contribution in [2.75, 3.05) is 6.54 Å². The van der Waals surface area contributed by atoms with Crippen LogP contribution in [-0.4, -0.2) is 39.5 Å². The number of nitrogens with zero attached hydrogens (tertiary/aromatic N) is 2. The van der Waals surface area contributed by atoms with Gasteiger partial charge in [-0.15, -0.1) is 0 Å². The van der Waals surface area contributed by atoms with Crippen molar-refractivity contribution < 1.29 is 14.7 Å². The number of aromatic carboxylic acids is 1. The van der Waals surface area contributed by atoms with Gasteiger partial charge >= 0.3 is 5.97 Å². The van der Waals surface area contributed by atoms with Crippen LogP contribution in [0.1, 0.15) is 47.5 Å². The summed E-state index contributed by atoms with van der Waals surface area (Å²) in [4.78, 5) is 29.3. The van der Waals surface area contributed by atoms with Gasteiger partial charge in [-0.05, 0) is 37.8 Å². The summed E-state index contributed by atoms with van der Waals surface area (Å²) >= 11 is 0. The second kappa shape index (κ2) is 5.38. The maximum atomic E-state index is 12.5. The fourth-order valence-electron chi connectivity index (χ4n) is 2.51. The molecule has 0 radical (unpaired) electrons. The van der Waals surface area contributed by atoms with Gasteiger partial charge in [-0.1, -0.05) is 6.92 Å². The molecule has 1 fully saturated rings. The minimum absolute atomic E-state index is 0.0297. The molecule has 1 amide bonds. The minimum Gasteiger partial charge on any atom is -0.478 e. The van der Waals surface area contributed by atoms with Crippen LogP contribution >= 0.6 is 0 Å². The maximum Gasteiger partial charge on any atom is 0.338 e. The van der Waals surface area contributed by atoms with Crippen LogP contribution < -0.4 is 0 Å². The van der Waals surface area contributed by atoms with Crippen LogP contribution in [0, 0.1) is 5.92 Å². The van der Waals surface area contributed by atoms with E-state index in [-0.39, 0.29) is 23.2 Å². The molecule has 2 atom stereocenters. The number of pyridine rings is 1. The Morgan fingerprint density at radius 2 is 2.16 bits per heavy atom. The topological polar surface area (TPSA) is 70.5 Å². The van der Waals surface area contributed by atoms with Gasteiger partial charge in [0.15, 0.2) is 0 Å². The molecule has 0 bridgehead atoms. The Balaban J connectivity index is 2.31. The molecule has 1 aliphatic rings. The van der Waals surface area contributed by atoms with Crippen molar-refractivity contribution in [3.05, 3.63) is 29.6 Å². The second-order valence-electron chi connectivity index (χ2n) is 5.06. The number of hydrogen-bond donors (Lipinski definition) is 1. The van der Waals surface area contributed by atoms with Gasteiger partial charge in [-0.3, -0.25) is 9.78 Å². The number of aromatic nitrogens is 1. The lowest BCUT2D eigenvalue weighted by Crippen LogP contribution is -2.46. The predicted molar refractivity (Wildman–Crippen MR) is 70.1 cm³/mol. The Morgan fingerprint density at radius 3 is 2.84 bits per heavy atom. The van der Waals surface area contributed by atoms with Crippen LogP contribution in [0.4, 0.5) is 0 Å². The maximum absolute atomic E-state index is 12.5. The van der Waals surface area contributed by atoms with E-state index in [9.17, 15) is 9.59 Å². The minimum atomic E-state index is -1.12. The Labute approximate surface area is 112 Å². The third-order valence-corrected chi connectivity index (χ3v) is 3.88. The first-order chi connectivity index (χ1) is 9.02. The van der Waals surface area contributed by atoms with E-state index in [0.29, 0.717) is 12.5 Å². The molecule has 5 heteroatoms. The Kier molecular flexibility index (Phi) is 3.83. The molecule has 2 unspecified atom stereocenters. The van der Waals surface area contributed by atoms with E-state index in [2.05, 4.69) is 11.9 Å². The van der Waals surface area contributed by atoms with E-state index in [4.69, 9.17) is 5.11 Å². The molecule has 0 aliphatic carbocycles. The smallest absolute Gasteiger partial charge is 0.338 e. The largest absolute Gasteiger partial charge is 0.478 e. The molecule has 1 N–H and O–H groups in total. The van der Waals surface area contributed by atoms with Crippen LogP contribution in [0.15, 0.2) is 18.3 Å². The van der Waals surface area contributed by atoms with Gasteiger partial charge in [0, 0.05) is 18.8 Å². The van der Waals surface area contributed by atoms with Crippen molar-refractivity contribution in [3.63, 3.8) is 0 Å². The average Bonchev–Trinajstić information content (AvgIpc) is 2.41. The highest BCUT2D eigenvalue weighted by atomic mass is 16.4. The third kappa shape index (κ3) is 2.59. The van der Waals surface area contributed by atoms with Crippen molar-refractivity contribution >= 4 is 11.9 Å². The van der Waals surface area contributed by atoms with E-state index in [1.807, 2.05) is 6.92 Å². The van der Waals surface area contributed by atoms with Crippen molar-refractivity contribution in [2.45, 2.75) is 32.7 Å². The summed E-state index contributed by atoms with van der Waals surface area (Å²) in [5, 5.41) is 9.12. The lowest BCUT2D eigenvalue weighted by molar-refractivity contribution is 0.0533. The monoisotopic (exact) mass is 262 g/mol. The van der Waals surface area contributed by atoms with Crippen LogP contribution in [0.25, 0.3) is 0 Å². The van der Waals surface area contributed by atoms with Crippen LogP contribution in [0.3, 0.4) is 0 Å². The second-order valence-corrected chi connectivity index (χ2v) is 5.06. The van der Waals surface area contributed by atoms with Gasteiger partial charge in [0.25, 0.3) is 5.91 Å². The van der Waals surface area contributed by atoms with Crippen LogP contribution in [0.5, 0.6) is 0 Å². The zero-order valence-electron chi connectivity index (χ0n) is 11.2. The average molecular weight is 262 g/mol. The number of piperidine rings is 1. The highest BCUT2D eigenvalue weighted by Crippen LogP contribution is 2.24. The fraction of sp³-hybridized carbons (Fsp3) is 0.500. The van der Waals surface area contributed by atoms with Gasteiger partial charge in [0.05, 0.1) is 5.56 Å². The van der Waals surface area contributed by atoms with Gasteiger partial charge in [0.2, 0.25) is 0 Å². The highest BCUT2D eigenvalue weighted by Gasteiger charge is 2.31. The van der Waals surface area contributed by atoms with Crippen LogP contribution in [-0.2, 0) is 0 Å². The SMILES string of the molecule is CC1CCCN(C(=O)c2ncccc2C(=O)O)C1C. The van der Waals surface area contributed by atoms with Gasteiger partial charge in [-0.2, -0.15) is 0 Å². The first-order valence-electron chi connectivity index (χ1n) is 6.51. The summed E-state index contributed by atoms with van der Waals surface area (Å²) in [5.74, 6) is -0.971. The predicted octanol–water partition coefficient (Wildman–Crippen LogP) is 2.04. The molecule has 1 aromatic heterocycles. The van der Waals surface area contributed by atoms with E-state index in [0.717, 1.165) is 12.8 Å². The van der Waals surface area contributed by atoms with Crippen molar-refractivity contribution in [3.8, 4) is 0 Å². The number of carboxylic acids is 1. The Morgan fingerprint density at radius 1 is 1.42 bits per heavy atom. The number of hydrogen-bond acceptors (Lipinski definition) is 3. The highest BCUT2D eigenvalue weighted by molar-refractivity contribution is 6.03. The van der Waals surface area contributed by atoms with Gasteiger partial charge < -0.3 is 10.0 Å². The molecule has 0 spiro atoms. The van der Waals surface area contributed by atoms with E-state index in [1.54, 1.807) is 4.90 Å². The molecule has 1 aromatic rings. The van der Waals surface area contributed by atoms with Crippen molar-refractivity contribution in [2.24, 2.45) is 5.92 Å². The molecule has 1 aliphatic heterocycles. The first-order valence-corrected chi connectivity index (χ1v) is 6.51. The van der Waals surface area contributed by atoms with Gasteiger partial charge in [0.1, 0.15) is 5.69 Å². The molecule has 5 nitrogen and oxygen atoms in total. The van der Waals surface area contributed by atoms with Crippen molar-refractivity contribution in [1.29, 1.82) is 0 Å². The van der Waals surface area contributed by atoms with E-state index >= 15 is 0 Å². The summed E-state index contributed by atoms with van der Waals surface area (Å²) in [5.41, 5.74) is 0.00822. The summed E-state index contributed by atoms with van der Waals surface area (Å²) in [6.45, 7) is 4.78. The van der Waals surface area contributed by atoms with Crippen molar-refractivity contribution in [1.82, 2.24) is 9.88 Å². The zero-order chi connectivity index (χ0) is 14.0. The lowest BCUT2D eigenvalue weighted by atomic mass is 9.91. The molecular weight excluding hydrogens is 244 g/mol. The molecular formula is C14H18N2O3. The van der Waals surface area contributed by atoms with E-state index < -0.39 is 5.97 Å². The summed E-state index contributed by atoms with van der Waals surface area (Å²) < 4.78 is 0. The normalized spacial score (nSPS) is 23.2. The number of amides is 1. The number of carboxylic acid groups (broad SMARTS) is 1. The molecule has 2 rings (SSSR count). The summed E-state index contributed by atoms with van der Waals surface area (Å²) in [6, 6.07) is 3.06. The molecule has 2 heterocycles.